The van der Waals surface area contributed by atoms with E-state index < -0.39 is 0 Å². The van der Waals surface area contributed by atoms with Gasteiger partial charge in [0, 0.05) is 30.4 Å². The van der Waals surface area contributed by atoms with E-state index in [0.717, 1.165) is 12.8 Å². The van der Waals surface area contributed by atoms with Gasteiger partial charge in [0.05, 0.1) is 12.8 Å². The molecule has 0 radical (unpaired) electrons. The Balaban J connectivity index is 2.15. The van der Waals surface area contributed by atoms with E-state index in [2.05, 4.69) is 10.4 Å². The molecule has 1 heterocycles. The van der Waals surface area contributed by atoms with E-state index in [0.29, 0.717) is 6.04 Å². The summed E-state index contributed by atoms with van der Waals surface area (Å²) in [6.07, 6.45) is 5.42. The van der Waals surface area contributed by atoms with Crippen molar-refractivity contribution >= 4 is 0 Å². The molecule has 4 heteroatoms. The van der Waals surface area contributed by atoms with Gasteiger partial charge in [-0.25, -0.2) is 0 Å². The quantitative estimate of drug-likeness (QED) is 0.773. The third kappa shape index (κ3) is 2.06. The van der Waals surface area contributed by atoms with Gasteiger partial charge in [0.25, 0.3) is 0 Å². The fraction of sp³-hybridized carbons (Fsp3) is 0.727. The summed E-state index contributed by atoms with van der Waals surface area (Å²) < 4.78 is 1.97. The summed E-state index contributed by atoms with van der Waals surface area (Å²) in [4.78, 5) is 0. The van der Waals surface area contributed by atoms with Crippen LogP contribution in [0, 0.1) is 0 Å². The molecule has 0 saturated carbocycles. The molecule has 2 atom stereocenters. The van der Waals surface area contributed by atoms with Gasteiger partial charge in [-0.2, -0.15) is 5.10 Å². The van der Waals surface area contributed by atoms with Gasteiger partial charge in [0.1, 0.15) is 0 Å². The highest BCUT2D eigenvalue weighted by atomic mass is 16.3. The first kappa shape index (κ1) is 10.6. The molecule has 1 aromatic heterocycles. The number of hydrogen-bond donors (Lipinski definition) is 2. The largest absolute Gasteiger partial charge is 0.395 e. The third-order valence-corrected chi connectivity index (χ3v) is 3.14. The van der Waals surface area contributed by atoms with Crippen LogP contribution in [-0.4, -0.2) is 27.5 Å². The van der Waals surface area contributed by atoms with Gasteiger partial charge in [-0.15, -0.1) is 0 Å². The fourth-order valence-electron chi connectivity index (χ4n) is 2.28. The number of aryl methyl sites for hydroxylation is 1. The van der Waals surface area contributed by atoms with Gasteiger partial charge < -0.3 is 10.4 Å². The van der Waals surface area contributed by atoms with Gasteiger partial charge in [-0.3, -0.25) is 4.68 Å². The SMILES string of the molecule is C[C@H](CO)NC1CCCc2c1cnn2C. The van der Waals surface area contributed by atoms with Crippen molar-refractivity contribution in [1.29, 1.82) is 0 Å². The van der Waals surface area contributed by atoms with Gasteiger partial charge in [-0.05, 0) is 26.2 Å². The molecule has 0 spiro atoms. The third-order valence-electron chi connectivity index (χ3n) is 3.14. The molecule has 0 aromatic carbocycles. The summed E-state index contributed by atoms with van der Waals surface area (Å²) >= 11 is 0. The van der Waals surface area contributed by atoms with Crippen LogP contribution >= 0.6 is 0 Å². The van der Waals surface area contributed by atoms with E-state index >= 15 is 0 Å². The second-order valence-corrected chi connectivity index (χ2v) is 4.37. The van der Waals surface area contributed by atoms with E-state index in [-0.39, 0.29) is 12.6 Å². The minimum Gasteiger partial charge on any atom is -0.395 e. The van der Waals surface area contributed by atoms with Crippen LogP contribution in [0.25, 0.3) is 0 Å². The van der Waals surface area contributed by atoms with Crippen LogP contribution in [0.1, 0.15) is 37.1 Å². The fourth-order valence-corrected chi connectivity index (χ4v) is 2.28. The van der Waals surface area contributed by atoms with E-state index in [1.807, 2.05) is 24.9 Å². The monoisotopic (exact) mass is 209 g/mol. The Bertz CT molecular complexity index is 335. The Morgan fingerprint density at radius 2 is 2.53 bits per heavy atom. The van der Waals surface area contributed by atoms with E-state index in [9.17, 15) is 0 Å². The Morgan fingerprint density at radius 1 is 1.73 bits per heavy atom. The molecule has 4 nitrogen and oxygen atoms in total. The maximum atomic E-state index is 9.04. The van der Waals surface area contributed by atoms with E-state index in [1.165, 1.54) is 17.7 Å². The van der Waals surface area contributed by atoms with Crippen LogP contribution in [0.4, 0.5) is 0 Å². The number of hydrogen-bond acceptors (Lipinski definition) is 3. The Hall–Kier alpha value is -0.870. The molecule has 2 rings (SSSR count). The molecule has 1 unspecified atom stereocenters. The summed E-state index contributed by atoms with van der Waals surface area (Å²) in [7, 11) is 2.00. The maximum absolute atomic E-state index is 9.04. The molecule has 0 aliphatic heterocycles. The molecular weight excluding hydrogens is 190 g/mol. The van der Waals surface area contributed by atoms with Crippen LogP contribution < -0.4 is 5.32 Å². The molecule has 0 bridgehead atoms. The summed E-state index contributed by atoms with van der Waals surface area (Å²) in [6.45, 7) is 2.19. The molecule has 1 aliphatic carbocycles. The summed E-state index contributed by atoms with van der Waals surface area (Å²) in [5, 5.41) is 16.8. The average molecular weight is 209 g/mol. The van der Waals surface area contributed by atoms with Crippen LogP contribution in [0.5, 0.6) is 0 Å². The van der Waals surface area contributed by atoms with Crippen molar-refractivity contribution < 1.29 is 5.11 Å². The molecule has 15 heavy (non-hydrogen) atoms. The van der Waals surface area contributed by atoms with Crippen molar-refractivity contribution in [1.82, 2.24) is 15.1 Å². The normalized spacial score (nSPS) is 22.5. The second kappa shape index (κ2) is 4.33. The van der Waals surface area contributed by atoms with Crippen molar-refractivity contribution in [2.75, 3.05) is 6.61 Å². The molecule has 1 aliphatic rings. The molecule has 0 saturated heterocycles. The Morgan fingerprint density at radius 3 is 3.27 bits per heavy atom. The van der Waals surface area contributed by atoms with Crippen LogP contribution in [0.3, 0.4) is 0 Å². The van der Waals surface area contributed by atoms with E-state index in [4.69, 9.17) is 5.11 Å². The highest BCUT2D eigenvalue weighted by molar-refractivity contribution is 5.24. The molecule has 0 fully saturated rings. The van der Waals surface area contributed by atoms with Gasteiger partial charge in [-0.1, -0.05) is 0 Å². The standard InChI is InChI=1S/C11H19N3O/c1-8(7-15)13-10-4-3-5-11-9(10)6-12-14(11)2/h6,8,10,13,15H,3-5,7H2,1-2H3/t8-,10?/m1/s1. The Labute approximate surface area is 90.3 Å². The first-order valence-corrected chi connectivity index (χ1v) is 5.60. The Kier molecular flexibility index (Phi) is 3.07. The van der Waals surface area contributed by atoms with Gasteiger partial charge >= 0.3 is 0 Å². The number of aromatic nitrogens is 2. The van der Waals surface area contributed by atoms with Crippen molar-refractivity contribution in [3.8, 4) is 0 Å². The molecular formula is C11H19N3O. The lowest BCUT2D eigenvalue weighted by atomic mass is 9.92. The highest BCUT2D eigenvalue weighted by Gasteiger charge is 2.23. The van der Waals surface area contributed by atoms with Gasteiger partial charge in [0.2, 0.25) is 0 Å². The molecule has 1 aromatic rings. The number of nitrogens with zero attached hydrogens (tertiary/aromatic N) is 2. The van der Waals surface area contributed by atoms with Crippen LogP contribution in [0.2, 0.25) is 0 Å². The zero-order chi connectivity index (χ0) is 10.8. The van der Waals surface area contributed by atoms with E-state index in [1.54, 1.807) is 0 Å². The summed E-state index contributed by atoms with van der Waals surface area (Å²) in [6, 6.07) is 0.519. The average Bonchev–Trinajstić information content (AvgIpc) is 2.62. The summed E-state index contributed by atoms with van der Waals surface area (Å²) in [5.41, 5.74) is 2.65. The number of nitrogens with one attached hydrogen (secondary N) is 1. The van der Waals surface area contributed by atoms with Crippen molar-refractivity contribution in [2.24, 2.45) is 7.05 Å². The lowest BCUT2D eigenvalue weighted by Crippen LogP contribution is -2.34. The van der Waals surface area contributed by atoms with Crippen LogP contribution in [-0.2, 0) is 13.5 Å². The van der Waals surface area contributed by atoms with Gasteiger partial charge in [0.15, 0.2) is 0 Å². The topological polar surface area (TPSA) is 50.1 Å². The zero-order valence-corrected chi connectivity index (χ0v) is 9.40. The molecule has 84 valence electrons. The predicted octanol–water partition coefficient (Wildman–Crippen LogP) is 0.768. The first-order valence-electron chi connectivity index (χ1n) is 5.60. The van der Waals surface area contributed by atoms with Crippen molar-refractivity contribution in [2.45, 2.75) is 38.3 Å². The smallest absolute Gasteiger partial charge is 0.0582 e. The maximum Gasteiger partial charge on any atom is 0.0582 e. The molecule has 0 amide bonds. The predicted molar refractivity (Wildman–Crippen MR) is 58.6 cm³/mol. The second-order valence-electron chi connectivity index (χ2n) is 4.37. The first-order chi connectivity index (χ1) is 7.22. The van der Waals surface area contributed by atoms with Crippen LogP contribution in [0.15, 0.2) is 6.20 Å². The minimum absolute atomic E-state index is 0.154. The van der Waals surface area contributed by atoms with Crippen molar-refractivity contribution in [3.05, 3.63) is 17.5 Å². The number of aliphatic hydroxyl groups excluding tert-OH is 1. The number of rotatable bonds is 3. The zero-order valence-electron chi connectivity index (χ0n) is 9.40. The van der Waals surface area contributed by atoms with Crippen molar-refractivity contribution in [3.63, 3.8) is 0 Å². The highest BCUT2D eigenvalue weighted by Crippen LogP contribution is 2.29. The lowest BCUT2D eigenvalue weighted by Gasteiger charge is -2.26. The minimum atomic E-state index is 0.154. The number of aliphatic hydroxyl groups is 1. The molecule has 2 N–H and O–H groups in total. The lowest BCUT2D eigenvalue weighted by molar-refractivity contribution is 0.236. The summed E-state index contributed by atoms with van der Waals surface area (Å²) in [5.74, 6) is 0. The number of fused-ring (bicyclic) bond motifs is 1.